The Morgan fingerprint density at radius 1 is 1.15 bits per heavy atom. The molecule has 116 valence electrons. The zero-order valence-corrected chi connectivity index (χ0v) is 12.6. The summed E-state index contributed by atoms with van der Waals surface area (Å²) in [4.78, 5) is 34.3. The Bertz CT molecular complexity index is 348. The number of aliphatic carboxylic acids is 1. The minimum atomic E-state index is -1.01. The van der Waals surface area contributed by atoms with Crippen molar-refractivity contribution < 1.29 is 19.5 Å². The third-order valence-corrected chi connectivity index (χ3v) is 2.73. The van der Waals surface area contributed by atoms with Crippen molar-refractivity contribution in [2.24, 2.45) is 11.1 Å². The first kappa shape index (κ1) is 18.6. The fourth-order valence-electron chi connectivity index (χ4n) is 1.79. The van der Waals surface area contributed by atoms with Gasteiger partial charge in [0.2, 0.25) is 5.91 Å². The quantitative estimate of drug-likeness (QED) is 0.587. The van der Waals surface area contributed by atoms with E-state index < -0.39 is 12.0 Å². The van der Waals surface area contributed by atoms with E-state index in [9.17, 15) is 14.4 Å². The Morgan fingerprint density at radius 3 is 2.20 bits per heavy atom. The van der Waals surface area contributed by atoms with Gasteiger partial charge in [0.25, 0.3) is 0 Å². The number of carboxylic acid groups (broad SMARTS) is 1. The van der Waals surface area contributed by atoms with E-state index in [2.05, 4.69) is 5.32 Å². The SMILES string of the molecule is CC(C)(C)C[C@H](NC(=O)CCCN)C(=O)CCC(=O)O. The molecule has 0 fully saturated rings. The van der Waals surface area contributed by atoms with Crippen molar-refractivity contribution in [3.63, 3.8) is 0 Å². The molecular weight excluding hydrogens is 260 g/mol. The van der Waals surface area contributed by atoms with Crippen LogP contribution in [0.1, 0.15) is 52.9 Å². The molecule has 0 radical (unpaired) electrons. The van der Waals surface area contributed by atoms with E-state index >= 15 is 0 Å². The van der Waals surface area contributed by atoms with Gasteiger partial charge in [0.05, 0.1) is 12.5 Å². The Balaban J connectivity index is 4.59. The van der Waals surface area contributed by atoms with Crippen LogP contribution in [0.2, 0.25) is 0 Å². The monoisotopic (exact) mass is 286 g/mol. The second kappa shape index (κ2) is 8.68. The van der Waals surface area contributed by atoms with E-state index in [1.807, 2.05) is 20.8 Å². The van der Waals surface area contributed by atoms with E-state index in [0.717, 1.165) is 0 Å². The third-order valence-electron chi connectivity index (χ3n) is 2.73. The summed E-state index contributed by atoms with van der Waals surface area (Å²) in [6, 6.07) is -0.625. The molecule has 0 unspecified atom stereocenters. The highest BCUT2D eigenvalue weighted by Gasteiger charge is 2.26. The van der Waals surface area contributed by atoms with Crippen molar-refractivity contribution in [1.82, 2.24) is 5.32 Å². The summed E-state index contributed by atoms with van der Waals surface area (Å²) >= 11 is 0. The van der Waals surface area contributed by atoms with Gasteiger partial charge in [0.15, 0.2) is 5.78 Å². The number of carbonyl (C=O) groups excluding carboxylic acids is 2. The lowest BCUT2D eigenvalue weighted by Gasteiger charge is -2.26. The van der Waals surface area contributed by atoms with Gasteiger partial charge in [-0.1, -0.05) is 20.8 Å². The van der Waals surface area contributed by atoms with Crippen LogP contribution in [0.15, 0.2) is 0 Å². The number of rotatable bonds is 9. The Morgan fingerprint density at radius 2 is 1.75 bits per heavy atom. The van der Waals surface area contributed by atoms with E-state index in [1.54, 1.807) is 0 Å². The molecule has 0 aromatic rings. The summed E-state index contributed by atoms with van der Waals surface area (Å²) in [6.07, 6.45) is 1.06. The Labute approximate surface area is 120 Å². The van der Waals surface area contributed by atoms with E-state index in [4.69, 9.17) is 10.8 Å². The standard InChI is InChI=1S/C14H26N2O4/c1-14(2,3)9-10(11(17)6-7-13(19)20)16-12(18)5-4-8-15/h10H,4-9,15H2,1-3H3,(H,16,18)(H,19,20)/t10-/m0/s1. The molecule has 1 amide bonds. The van der Waals surface area contributed by atoms with E-state index in [-0.39, 0.29) is 36.4 Å². The van der Waals surface area contributed by atoms with Crippen LogP contribution in [0.5, 0.6) is 0 Å². The van der Waals surface area contributed by atoms with Gasteiger partial charge in [-0.15, -0.1) is 0 Å². The molecule has 0 spiro atoms. The average Bonchev–Trinajstić information content (AvgIpc) is 2.30. The van der Waals surface area contributed by atoms with Crippen LogP contribution in [0, 0.1) is 5.41 Å². The summed E-state index contributed by atoms with van der Waals surface area (Å²) in [6.45, 7) is 6.33. The lowest BCUT2D eigenvalue weighted by molar-refractivity contribution is -0.139. The second-order valence-electron chi connectivity index (χ2n) is 6.14. The van der Waals surface area contributed by atoms with Crippen molar-refractivity contribution in [2.45, 2.75) is 58.9 Å². The van der Waals surface area contributed by atoms with E-state index in [0.29, 0.717) is 19.4 Å². The first-order chi connectivity index (χ1) is 9.15. The van der Waals surface area contributed by atoms with Gasteiger partial charge < -0.3 is 16.2 Å². The summed E-state index contributed by atoms with van der Waals surface area (Å²) in [5, 5.41) is 11.3. The first-order valence-electron chi connectivity index (χ1n) is 6.89. The second-order valence-corrected chi connectivity index (χ2v) is 6.14. The van der Waals surface area contributed by atoms with Crippen molar-refractivity contribution >= 4 is 17.7 Å². The molecule has 0 rings (SSSR count). The molecule has 0 saturated carbocycles. The molecule has 4 N–H and O–H groups in total. The van der Waals surface area contributed by atoms with Gasteiger partial charge in [-0.25, -0.2) is 0 Å². The summed E-state index contributed by atoms with van der Waals surface area (Å²) in [5.41, 5.74) is 5.20. The molecule has 0 aliphatic carbocycles. The Kier molecular flexibility index (Phi) is 8.06. The summed E-state index contributed by atoms with van der Waals surface area (Å²) in [7, 11) is 0. The molecule has 0 aromatic carbocycles. The molecule has 0 aliphatic rings. The number of carbonyl (C=O) groups is 3. The van der Waals surface area contributed by atoms with Gasteiger partial charge in [-0.05, 0) is 24.8 Å². The largest absolute Gasteiger partial charge is 0.481 e. The topological polar surface area (TPSA) is 109 Å². The molecule has 6 nitrogen and oxygen atoms in total. The molecule has 6 heteroatoms. The van der Waals surface area contributed by atoms with Gasteiger partial charge >= 0.3 is 5.97 Å². The van der Waals surface area contributed by atoms with Crippen LogP contribution >= 0.6 is 0 Å². The number of nitrogens with two attached hydrogens (primary N) is 1. The summed E-state index contributed by atoms with van der Waals surface area (Å²) < 4.78 is 0. The third kappa shape index (κ3) is 9.49. The number of carboxylic acids is 1. The maximum absolute atomic E-state index is 12.0. The minimum Gasteiger partial charge on any atom is -0.481 e. The van der Waals surface area contributed by atoms with Crippen LogP contribution in [-0.4, -0.2) is 35.4 Å². The highest BCUT2D eigenvalue weighted by molar-refractivity contribution is 5.90. The van der Waals surface area contributed by atoms with Crippen LogP contribution in [0.4, 0.5) is 0 Å². The van der Waals surface area contributed by atoms with Crippen molar-refractivity contribution in [1.29, 1.82) is 0 Å². The van der Waals surface area contributed by atoms with Crippen molar-refractivity contribution in [2.75, 3.05) is 6.54 Å². The number of amides is 1. The number of nitrogens with one attached hydrogen (secondary N) is 1. The number of ketones is 1. The maximum Gasteiger partial charge on any atom is 0.303 e. The fourth-order valence-corrected chi connectivity index (χ4v) is 1.79. The zero-order chi connectivity index (χ0) is 15.8. The zero-order valence-electron chi connectivity index (χ0n) is 12.6. The van der Waals surface area contributed by atoms with Crippen LogP contribution in [-0.2, 0) is 14.4 Å². The van der Waals surface area contributed by atoms with Gasteiger partial charge in [0, 0.05) is 12.8 Å². The van der Waals surface area contributed by atoms with Crippen LogP contribution in [0.3, 0.4) is 0 Å². The lowest BCUT2D eigenvalue weighted by atomic mass is 9.85. The molecule has 20 heavy (non-hydrogen) atoms. The van der Waals surface area contributed by atoms with Crippen molar-refractivity contribution in [3.05, 3.63) is 0 Å². The first-order valence-corrected chi connectivity index (χ1v) is 6.89. The molecule has 0 aromatic heterocycles. The van der Waals surface area contributed by atoms with Gasteiger partial charge in [-0.3, -0.25) is 14.4 Å². The predicted molar refractivity (Wildman–Crippen MR) is 76.2 cm³/mol. The molecule has 0 bridgehead atoms. The maximum atomic E-state index is 12.0. The highest BCUT2D eigenvalue weighted by atomic mass is 16.4. The normalized spacial score (nSPS) is 12.8. The number of hydrogen-bond donors (Lipinski definition) is 3. The smallest absolute Gasteiger partial charge is 0.303 e. The minimum absolute atomic E-state index is 0.0623. The predicted octanol–water partition coefficient (Wildman–Crippen LogP) is 1.08. The Hall–Kier alpha value is -1.43. The van der Waals surface area contributed by atoms with Crippen LogP contribution in [0.25, 0.3) is 0 Å². The average molecular weight is 286 g/mol. The fraction of sp³-hybridized carbons (Fsp3) is 0.786. The van der Waals surface area contributed by atoms with Gasteiger partial charge in [0.1, 0.15) is 0 Å². The molecule has 0 aliphatic heterocycles. The molecule has 1 atom stereocenters. The van der Waals surface area contributed by atoms with Crippen LogP contribution < -0.4 is 11.1 Å². The number of Topliss-reactive ketones (excluding diaryl/α,β-unsaturated/α-hetero) is 1. The lowest BCUT2D eigenvalue weighted by Crippen LogP contribution is -2.43. The van der Waals surface area contributed by atoms with Crippen molar-refractivity contribution in [3.8, 4) is 0 Å². The highest BCUT2D eigenvalue weighted by Crippen LogP contribution is 2.22. The van der Waals surface area contributed by atoms with E-state index in [1.165, 1.54) is 0 Å². The van der Waals surface area contributed by atoms with Gasteiger partial charge in [-0.2, -0.15) is 0 Å². The summed E-state index contributed by atoms with van der Waals surface area (Å²) in [5.74, 6) is -1.46. The molecule has 0 saturated heterocycles. The molecular formula is C14H26N2O4. The molecule has 0 heterocycles. The number of hydrogen-bond acceptors (Lipinski definition) is 4.